The molecule has 0 saturated carbocycles. The normalized spacial score (nSPS) is 17.9. The number of hydrogen-bond acceptors (Lipinski definition) is 6. The fourth-order valence-corrected chi connectivity index (χ4v) is 4.37. The van der Waals surface area contributed by atoms with E-state index in [0.29, 0.717) is 0 Å². The molecule has 1 aliphatic heterocycles. The van der Waals surface area contributed by atoms with Crippen molar-refractivity contribution in [3.05, 3.63) is 69.3 Å². The third-order valence-corrected chi connectivity index (χ3v) is 6.91. The monoisotopic (exact) mass is 650 g/mol. The second-order valence-electron chi connectivity index (χ2n) is 9.73. The van der Waals surface area contributed by atoms with Gasteiger partial charge in [-0.2, -0.15) is 0 Å². The SMILES string of the molecule is Fc1c(F)c(F)c(CCN2CCOCCOCCN(CCc3c(F)c(F)c(F)c(F)c3F)CCOCCOCC2)c(F)c1F. The summed E-state index contributed by atoms with van der Waals surface area (Å²) in [5, 5.41) is 0. The molecule has 0 aliphatic carbocycles. The second-order valence-corrected chi connectivity index (χ2v) is 9.73. The quantitative estimate of drug-likeness (QED) is 0.260. The first-order valence-electron chi connectivity index (χ1n) is 13.8. The summed E-state index contributed by atoms with van der Waals surface area (Å²) in [6.07, 6.45) is -0.891. The molecule has 1 heterocycles. The first kappa shape index (κ1) is 36.0. The first-order valence-corrected chi connectivity index (χ1v) is 13.8. The molecule has 0 bridgehead atoms. The molecule has 0 radical (unpaired) electrons. The van der Waals surface area contributed by atoms with Crippen molar-refractivity contribution in [1.29, 1.82) is 0 Å². The van der Waals surface area contributed by atoms with Gasteiger partial charge in [0.25, 0.3) is 0 Å². The van der Waals surface area contributed by atoms with Gasteiger partial charge in [0, 0.05) is 50.4 Å². The van der Waals surface area contributed by atoms with E-state index in [-0.39, 0.29) is 92.1 Å². The second kappa shape index (κ2) is 17.8. The van der Waals surface area contributed by atoms with E-state index < -0.39 is 82.1 Å². The largest absolute Gasteiger partial charge is 0.378 e. The molecule has 0 atom stereocenters. The lowest BCUT2D eigenvalue weighted by Crippen LogP contribution is -2.35. The fourth-order valence-electron chi connectivity index (χ4n) is 4.37. The molecular formula is C28H32F10N2O4. The van der Waals surface area contributed by atoms with Gasteiger partial charge < -0.3 is 18.9 Å². The maximum atomic E-state index is 14.1. The molecule has 1 aliphatic rings. The highest BCUT2D eigenvalue weighted by Crippen LogP contribution is 2.25. The Hall–Kier alpha value is -2.50. The van der Waals surface area contributed by atoms with Crippen LogP contribution in [0.4, 0.5) is 43.9 Å². The number of hydrogen-bond donors (Lipinski definition) is 0. The van der Waals surface area contributed by atoms with Gasteiger partial charge in [0.05, 0.1) is 52.9 Å². The lowest BCUT2D eigenvalue weighted by atomic mass is 10.1. The van der Waals surface area contributed by atoms with Crippen LogP contribution in [0.2, 0.25) is 0 Å². The zero-order chi connectivity index (χ0) is 32.2. The fraction of sp³-hybridized carbons (Fsp3) is 0.571. The van der Waals surface area contributed by atoms with E-state index in [1.807, 2.05) is 0 Å². The summed E-state index contributed by atoms with van der Waals surface area (Å²) in [6, 6.07) is 0. The summed E-state index contributed by atoms with van der Waals surface area (Å²) in [5.74, 6) is -20.0. The summed E-state index contributed by atoms with van der Waals surface area (Å²) in [6.45, 7) is 2.11. The van der Waals surface area contributed by atoms with Crippen LogP contribution in [0.3, 0.4) is 0 Å². The van der Waals surface area contributed by atoms with Crippen molar-refractivity contribution in [2.75, 3.05) is 92.1 Å². The smallest absolute Gasteiger partial charge is 0.200 e. The predicted octanol–water partition coefficient (Wildman–Crippen LogP) is 4.55. The van der Waals surface area contributed by atoms with E-state index in [9.17, 15) is 43.9 Å². The first-order chi connectivity index (χ1) is 21.0. The number of ether oxygens (including phenoxy) is 4. The van der Waals surface area contributed by atoms with Crippen LogP contribution in [0.5, 0.6) is 0 Å². The van der Waals surface area contributed by atoms with Crippen LogP contribution in [-0.2, 0) is 31.8 Å². The molecule has 0 unspecified atom stereocenters. The molecule has 0 spiro atoms. The molecule has 0 aromatic heterocycles. The van der Waals surface area contributed by atoms with E-state index in [2.05, 4.69) is 0 Å². The standard InChI is InChI=1S/C28H32F10N2O4/c29-19-17(20(30)24(34)27(37)23(19)33)1-3-39-5-9-41-13-15-43-11-7-40(8-12-44-16-14-42-10-6-39)4-2-18-21(31)25(35)28(38)26(36)22(18)32/h1-16H2. The van der Waals surface area contributed by atoms with Crippen molar-refractivity contribution < 1.29 is 62.9 Å². The molecule has 44 heavy (non-hydrogen) atoms. The van der Waals surface area contributed by atoms with Gasteiger partial charge in [-0.15, -0.1) is 0 Å². The van der Waals surface area contributed by atoms with E-state index >= 15 is 0 Å². The lowest BCUT2D eigenvalue weighted by Gasteiger charge is -2.24. The molecule has 0 amide bonds. The van der Waals surface area contributed by atoms with Crippen molar-refractivity contribution >= 4 is 0 Å². The maximum Gasteiger partial charge on any atom is 0.200 e. The van der Waals surface area contributed by atoms with Gasteiger partial charge in [-0.25, -0.2) is 43.9 Å². The Bertz CT molecular complexity index is 1070. The molecule has 2 aromatic rings. The Kier molecular flexibility index (Phi) is 14.6. The van der Waals surface area contributed by atoms with Crippen LogP contribution >= 0.6 is 0 Å². The van der Waals surface area contributed by atoms with Gasteiger partial charge in [0.2, 0.25) is 11.6 Å². The highest BCUT2D eigenvalue weighted by molar-refractivity contribution is 5.25. The molecule has 16 heteroatoms. The van der Waals surface area contributed by atoms with Gasteiger partial charge in [-0.3, -0.25) is 9.80 Å². The molecule has 1 fully saturated rings. The van der Waals surface area contributed by atoms with Crippen LogP contribution in [0.1, 0.15) is 11.1 Å². The van der Waals surface area contributed by atoms with E-state index in [1.54, 1.807) is 9.80 Å². The van der Waals surface area contributed by atoms with Crippen molar-refractivity contribution in [2.45, 2.75) is 12.8 Å². The Morgan fingerprint density at radius 1 is 0.341 bits per heavy atom. The van der Waals surface area contributed by atoms with Crippen LogP contribution in [0, 0.1) is 58.2 Å². The minimum atomic E-state index is -2.22. The zero-order valence-corrected chi connectivity index (χ0v) is 23.6. The average molecular weight is 651 g/mol. The summed E-state index contributed by atoms with van der Waals surface area (Å²) < 4.78 is 159. The van der Waals surface area contributed by atoms with Crippen molar-refractivity contribution in [3.8, 4) is 0 Å². The third kappa shape index (κ3) is 9.75. The average Bonchev–Trinajstić information content (AvgIpc) is 3.01. The van der Waals surface area contributed by atoms with Gasteiger partial charge in [0.1, 0.15) is 0 Å². The molecule has 2 aromatic carbocycles. The minimum Gasteiger partial charge on any atom is -0.378 e. The molecular weight excluding hydrogens is 618 g/mol. The number of halogens is 10. The Balaban J connectivity index is 1.51. The van der Waals surface area contributed by atoms with Crippen LogP contribution < -0.4 is 0 Å². The molecule has 3 rings (SSSR count). The Morgan fingerprint density at radius 2 is 0.568 bits per heavy atom. The van der Waals surface area contributed by atoms with Crippen LogP contribution in [0.25, 0.3) is 0 Å². The van der Waals surface area contributed by atoms with Gasteiger partial charge in [0.15, 0.2) is 46.5 Å². The Morgan fingerprint density at radius 3 is 0.818 bits per heavy atom. The summed E-state index contributed by atoms with van der Waals surface area (Å²) >= 11 is 0. The molecule has 6 nitrogen and oxygen atoms in total. The van der Waals surface area contributed by atoms with Crippen LogP contribution in [0.15, 0.2) is 0 Å². The van der Waals surface area contributed by atoms with Crippen molar-refractivity contribution in [3.63, 3.8) is 0 Å². The summed E-state index contributed by atoms with van der Waals surface area (Å²) in [5.41, 5.74) is -1.82. The van der Waals surface area contributed by atoms with E-state index in [1.165, 1.54) is 0 Å². The van der Waals surface area contributed by atoms with Gasteiger partial charge in [-0.05, 0) is 12.8 Å². The van der Waals surface area contributed by atoms with Crippen molar-refractivity contribution in [1.82, 2.24) is 9.80 Å². The topological polar surface area (TPSA) is 43.4 Å². The Labute approximate surface area is 247 Å². The molecule has 248 valence electrons. The highest BCUT2D eigenvalue weighted by atomic mass is 19.2. The zero-order valence-electron chi connectivity index (χ0n) is 23.6. The summed E-state index contributed by atoms with van der Waals surface area (Å²) in [4.78, 5) is 3.37. The minimum absolute atomic E-state index is 0.0427. The molecule has 1 saturated heterocycles. The van der Waals surface area contributed by atoms with E-state index in [4.69, 9.17) is 18.9 Å². The summed E-state index contributed by atoms with van der Waals surface area (Å²) in [7, 11) is 0. The third-order valence-electron chi connectivity index (χ3n) is 6.91. The van der Waals surface area contributed by atoms with Gasteiger partial charge in [-0.1, -0.05) is 0 Å². The highest BCUT2D eigenvalue weighted by Gasteiger charge is 2.27. The number of rotatable bonds is 6. The predicted molar refractivity (Wildman–Crippen MR) is 136 cm³/mol. The number of benzene rings is 2. The molecule has 0 N–H and O–H groups in total. The van der Waals surface area contributed by atoms with Crippen LogP contribution in [-0.4, -0.2) is 102 Å². The number of nitrogens with zero attached hydrogens (tertiary/aromatic N) is 2. The maximum absolute atomic E-state index is 14.1. The van der Waals surface area contributed by atoms with Crippen molar-refractivity contribution in [2.24, 2.45) is 0 Å². The van der Waals surface area contributed by atoms with E-state index in [0.717, 1.165) is 0 Å². The van der Waals surface area contributed by atoms with Gasteiger partial charge >= 0.3 is 0 Å². The lowest BCUT2D eigenvalue weighted by molar-refractivity contribution is 0.00825.